The molecule has 3 atom stereocenters. The van der Waals surface area contributed by atoms with Gasteiger partial charge in [0.2, 0.25) is 0 Å². The van der Waals surface area contributed by atoms with Crippen LogP contribution in [0.5, 0.6) is 0 Å². The molecule has 0 aromatic rings. The first kappa shape index (κ1) is 15.8. The van der Waals surface area contributed by atoms with Gasteiger partial charge >= 0.3 is 6.03 Å². The van der Waals surface area contributed by atoms with E-state index in [2.05, 4.69) is 17.6 Å². The van der Waals surface area contributed by atoms with E-state index in [1.165, 1.54) is 6.42 Å². The first-order valence-electron chi connectivity index (χ1n) is 7.18. The van der Waals surface area contributed by atoms with E-state index in [1.807, 2.05) is 13.8 Å². The van der Waals surface area contributed by atoms with E-state index in [4.69, 9.17) is 0 Å². The van der Waals surface area contributed by atoms with Gasteiger partial charge in [-0.05, 0) is 31.1 Å². The molecule has 2 N–H and O–H groups in total. The number of carboxylic acids is 1. The summed E-state index contributed by atoms with van der Waals surface area (Å²) in [5.41, 5.74) is 0. The highest BCUT2D eigenvalue weighted by Gasteiger charge is 2.24. The number of carboxylic acid groups (broad SMARTS) is 1. The second-order valence-corrected chi connectivity index (χ2v) is 5.99. The monoisotopic (exact) mass is 269 g/mol. The molecule has 1 fully saturated rings. The SMILES string of the molecule is CC(C)C[C@H](NC(=O)N[C@H]1CCCC[C@H]1C)C(=O)[O-]. The smallest absolute Gasteiger partial charge is 0.315 e. The van der Waals surface area contributed by atoms with E-state index in [-0.39, 0.29) is 12.0 Å². The van der Waals surface area contributed by atoms with Gasteiger partial charge in [0.25, 0.3) is 0 Å². The lowest BCUT2D eigenvalue weighted by Gasteiger charge is -2.30. The molecule has 19 heavy (non-hydrogen) atoms. The van der Waals surface area contributed by atoms with Crippen molar-refractivity contribution in [2.45, 2.75) is 65.0 Å². The molecule has 0 saturated heterocycles. The fraction of sp³-hybridized carbons (Fsp3) is 0.857. The van der Waals surface area contributed by atoms with Crippen molar-refractivity contribution in [3.8, 4) is 0 Å². The Morgan fingerprint density at radius 2 is 1.89 bits per heavy atom. The number of carbonyl (C=O) groups excluding carboxylic acids is 2. The second kappa shape index (κ2) is 7.36. The Balaban J connectivity index is 2.45. The van der Waals surface area contributed by atoms with E-state index in [9.17, 15) is 14.7 Å². The zero-order chi connectivity index (χ0) is 14.4. The number of carbonyl (C=O) groups is 2. The van der Waals surface area contributed by atoms with Crippen LogP contribution < -0.4 is 15.7 Å². The van der Waals surface area contributed by atoms with Gasteiger partial charge in [0.15, 0.2) is 0 Å². The van der Waals surface area contributed by atoms with Gasteiger partial charge in [-0.25, -0.2) is 4.79 Å². The summed E-state index contributed by atoms with van der Waals surface area (Å²) < 4.78 is 0. The van der Waals surface area contributed by atoms with E-state index in [0.29, 0.717) is 12.3 Å². The highest BCUT2D eigenvalue weighted by molar-refractivity contribution is 5.81. The molecule has 5 nitrogen and oxygen atoms in total. The van der Waals surface area contributed by atoms with Gasteiger partial charge in [-0.2, -0.15) is 0 Å². The van der Waals surface area contributed by atoms with Gasteiger partial charge < -0.3 is 20.5 Å². The van der Waals surface area contributed by atoms with Crippen LogP contribution in [0, 0.1) is 11.8 Å². The standard InChI is InChI=1S/C14H26N2O3/c1-9(2)8-12(13(17)18)16-14(19)15-11-7-5-4-6-10(11)3/h9-12H,4-8H2,1-3H3,(H,17,18)(H2,15,16,19)/p-1/t10-,11+,12+/m1/s1. The summed E-state index contributed by atoms with van der Waals surface area (Å²) in [6, 6.07) is -1.16. The van der Waals surface area contributed by atoms with Gasteiger partial charge in [0.05, 0.1) is 12.0 Å². The molecule has 1 saturated carbocycles. The van der Waals surface area contributed by atoms with Gasteiger partial charge in [-0.15, -0.1) is 0 Å². The van der Waals surface area contributed by atoms with Gasteiger partial charge in [-0.3, -0.25) is 0 Å². The number of hydrogen-bond acceptors (Lipinski definition) is 3. The van der Waals surface area contributed by atoms with Crippen molar-refractivity contribution < 1.29 is 14.7 Å². The summed E-state index contributed by atoms with van der Waals surface area (Å²) in [5, 5.41) is 16.4. The number of hydrogen-bond donors (Lipinski definition) is 2. The Kier molecular flexibility index (Phi) is 6.12. The van der Waals surface area contributed by atoms with Crippen LogP contribution in [0.3, 0.4) is 0 Å². The molecule has 0 radical (unpaired) electrons. The number of urea groups is 1. The minimum atomic E-state index is -1.22. The van der Waals surface area contributed by atoms with Crippen molar-refractivity contribution in [2.75, 3.05) is 0 Å². The van der Waals surface area contributed by atoms with Crippen LogP contribution in [0.2, 0.25) is 0 Å². The Bertz CT molecular complexity index is 318. The summed E-state index contributed by atoms with van der Waals surface area (Å²) in [4.78, 5) is 22.8. The first-order valence-corrected chi connectivity index (χ1v) is 7.18. The summed E-state index contributed by atoms with van der Waals surface area (Å²) in [7, 11) is 0. The van der Waals surface area contributed by atoms with E-state index < -0.39 is 18.0 Å². The van der Waals surface area contributed by atoms with Crippen molar-refractivity contribution >= 4 is 12.0 Å². The lowest BCUT2D eigenvalue weighted by molar-refractivity contribution is -0.308. The van der Waals surface area contributed by atoms with E-state index in [1.54, 1.807) is 0 Å². The summed E-state index contributed by atoms with van der Waals surface area (Å²) in [6.07, 6.45) is 4.78. The third-order valence-corrected chi connectivity index (χ3v) is 3.72. The zero-order valence-corrected chi connectivity index (χ0v) is 12.1. The highest BCUT2D eigenvalue weighted by Crippen LogP contribution is 2.23. The van der Waals surface area contributed by atoms with Gasteiger partial charge in [-0.1, -0.05) is 33.6 Å². The van der Waals surface area contributed by atoms with Crippen LogP contribution in [0.4, 0.5) is 4.79 Å². The molecule has 2 amide bonds. The maximum Gasteiger partial charge on any atom is 0.315 e. The molecule has 0 aromatic heterocycles. The highest BCUT2D eigenvalue weighted by atomic mass is 16.4. The Morgan fingerprint density at radius 1 is 1.26 bits per heavy atom. The topological polar surface area (TPSA) is 81.3 Å². The molecule has 0 spiro atoms. The van der Waals surface area contributed by atoms with Crippen LogP contribution in [0.1, 0.15) is 52.9 Å². The van der Waals surface area contributed by atoms with Gasteiger partial charge in [0.1, 0.15) is 0 Å². The van der Waals surface area contributed by atoms with Crippen LogP contribution >= 0.6 is 0 Å². The molecule has 1 aliphatic rings. The third kappa shape index (κ3) is 5.49. The largest absolute Gasteiger partial charge is 0.548 e. The zero-order valence-electron chi connectivity index (χ0n) is 12.1. The lowest BCUT2D eigenvalue weighted by Crippen LogP contribution is -2.54. The quantitative estimate of drug-likeness (QED) is 0.782. The number of rotatable bonds is 5. The maximum atomic E-state index is 11.8. The van der Waals surface area contributed by atoms with Gasteiger partial charge in [0, 0.05) is 6.04 Å². The van der Waals surface area contributed by atoms with Crippen LogP contribution in [0.15, 0.2) is 0 Å². The lowest BCUT2D eigenvalue weighted by atomic mass is 9.86. The van der Waals surface area contributed by atoms with Crippen LogP contribution in [-0.4, -0.2) is 24.1 Å². The summed E-state index contributed by atoms with van der Waals surface area (Å²) in [5.74, 6) is -0.580. The average Bonchev–Trinajstić information content (AvgIpc) is 2.30. The summed E-state index contributed by atoms with van der Waals surface area (Å²) >= 11 is 0. The number of aliphatic carboxylic acids is 1. The molecule has 1 rings (SSSR count). The van der Waals surface area contributed by atoms with Crippen LogP contribution in [0.25, 0.3) is 0 Å². The molecule has 0 aliphatic heterocycles. The first-order chi connectivity index (χ1) is 8.90. The van der Waals surface area contributed by atoms with Crippen molar-refractivity contribution in [3.63, 3.8) is 0 Å². The Hall–Kier alpha value is -1.26. The van der Waals surface area contributed by atoms with Crippen molar-refractivity contribution in [2.24, 2.45) is 11.8 Å². The fourth-order valence-electron chi connectivity index (χ4n) is 2.58. The summed E-state index contributed by atoms with van der Waals surface area (Å²) in [6.45, 7) is 5.95. The molecule has 5 heteroatoms. The van der Waals surface area contributed by atoms with Crippen molar-refractivity contribution in [1.82, 2.24) is 10.6 Å². The number of amides is 2. The maximum absolute atomic E-state index is 11.8. The number of nitrogens with one attached hydrogen (secondary N) is 2. The molecule has 110 valence electrons. The third-order valence-electron chi connectivity index (χ3n) is 3.72. The minimum Gasteiger partial charge on any atom is -0.548 e. The Labute approximate surface area is 115 Å². The predicted molar refractivity (Wildman–Crippen MR) is 71.3 cm³/mol. The Morgan fingerprint density at radius 3 is 2.42 bits per heavy atom. The van der Waals surface area contributed by atoms with Crippen LogP contribution in [-0.2, 0) is 4.79 Å². The molecule has 0 bridgehead atoms. The molecular weight excluding hydrogens is 244 g/mol. The average molecular weight is 269 g/mol. The van der Waals surface area contributed by atoms with E-state index in [0.717, 1.165) is 19.3 Å². The molecule has 1 aliphatic carbocycles. The predicted octanol–water partition coefficient (Wildman–Crippen LogP) is 1.03. The molecule has 0 heterocycles. The fourth-order valence-corrected chi connectivity index (χ4v) is 2.58. The molecular formula is C14H25N2O3-. The minimum absolute atomic E-state index is 0.148. The second-order valence-electron chi connectivity index (χ2n) is 5.99. The normalized spacial score (nSPS) is 24.8. The van der Waals surface area contributed by atoms with Crippen molar-refractivity contribution in [3.05, 3.63) is 0 Å². The van der Waals surface area contributed by atoms with E-state index >= 15 is 0 Å². The molecule has 0 aromatic carbocycles. The van der Waals surface area contributed by atoms with Crippen molar-refractivity contribution in [1.29, 1.82) is 0 Å². The molecule has 0 unspecified atom stereocenters.